The molecule has 0 aliphatic heterocycles. The van der Waals surface area contributed by atoms with Crippen LogP contribution in [0.5, 0.6) is 0 Å². The van der Waals surface area contributed by atoms with Crippen LogP contribution in [0.15, 0.2) is 33.9 Å². The third-order valence-electron chi connectivity index (χ3n) is 3.41. The minimum atomic E-state index is -0.429. The predicted molar refractivity (Wildman–Crippen MR) is 77.4 cm³/mol. The molecule has 7 nitrogen and oxygen atoms in total. The van der Waals surface area contributed by atoms with Crippen LogP contribution in [-0.4, -0.2) is 25.4 Å². The molecule has 0 radical (unpaired) electrons. The van der Waals surface area contributed by atoms with Crippen molar-refractivity contribution in [2.24, 2.45) is 14.1 Å². The molecule has 106 valence electrons. The fourth-order valence-electron chi connectivity index (χ4n) is 2.18. The molecule has 0 saturated carbocycles. The van der Waals surface area contributed by atoms with Gasteiger partial charge in [-0.05, 0) is 0 Å². The molecule has 0 atom stereocenters. The van der Waals surface area contributed by atoms with Crippen LogP contribution in [0.1, 0.15) is 10.4 Å². The van der Waals surface area contributed by atoms with Crippen molar-refractivity contribution < 1.29 is 4.79 Å². The molecule has 7 heteroatoms. The molecule has 0 unspecified atom stereocenters. The lowest BCUT2D eigenvalue weighted by Crippen LogP contribution is -2.36. The first-order chi connectivity index (χ1) is 10.0. The van der Waals surface area contributed by atoms with E-state index in [1.807, 2.05) is 0 Å². The number of hydrogen-bond acceptors (Lipinski definition) is 4. The number of rotatable bonds is 2. The standard InChI is InChI=1S/C14H12N4O3/c1-17-12-10(13(20)18(2)14(17)21)15-11(16-12)9-5-3-8(7-19)4-6-9/h3-7H,1-2H3,(H,15,16). The van der Waals surface area contributed by atoms with Crippen LogP contribution >= 0.6 is 0 Å². The fourth-order valence-corrected chi connectivity index (χ4v) is 2.18. The molecule has 2 heterocycles. The van der Waals surface area contributed by atoms with Gasteiger partial charge in [0.2, 0.25) is 0 Å². The van der Waals surface area contributed by atoms with Gasteiger partial charge in [-0.15, -0.1) is 0 Å². The Morgan fingerprint density at radius 3 is 2.38 bits per heavy atom. The summed E-state index contributed by atoms with van der Waals surface area (Å²) < 4.78 is 2.34. The molecule has 0 spiro atoms. The molecular weight excluding hydrogens is 272 g/mol. The fraction of sp³-hybridized carbons (Fsp3) is 0.143. The number of aryl methyl sites for hydroxylation is 1. The summed E-state index contributed by atoms with van der Waals surface area (Å²) in [5.74, 6) is 0.473. The Kier molecular flexibility index (Phi) is 2.83. The third kappa shape index (κ3) is 1.90. The molecule has 0 saturated heterocycles. The minimum absolute atomic E-state index is 0.272. The average molecular weight is 284 g/mol. The molecule has 1 aromatic carbocycles. The van der Waals surface area contributed by atoms with Gasteiger partial charge in [0.1, 0.15) is 17.6 Å². The average Bonchev–Trinajstić information content (AvgIpc) is 2.96. The Labute approximate surface area is 118 Å². The van der Waals surface area contributed by atoms with Gasteiger partial charge in [-0.2, -0.15) is 0 Å². The van der Waals surface area contributed by atoms with E-state index in [2.05, 4.69) is 9.97 Å². The minimum Gasteiger partial charge on any atom is -0.332 e. The van der Waals surface area contributed by atoms with E-state index in [-0.39, 0.29) is 5.52 Å². The zero-order valence-electron chi connectivity index (χ0n) is 11.5. The zero-order chi connectivity index (χ0) is 15.1. The summed E-state index contributed by atoms with van der Waals surface area (Å²) in [6.07, 6.45) is 0.752. The number of carbonyl (C=O) groups excluding carboxylic acids is 1. The van der Waals surface area contributed by atoms with E-state index < -0.39 is 11.2 Å². The van der Waals surface area contributed by atoms with Crippen LogP contribution in [-0.2, 0) is 14.1 Å². The number of nitrogens with zero attached hydrogens (tertiary/aromatic N) is 3. The van der Waals surface area contributed by atoms with Crippen molar-refractivity contribution in [3.05, 3.63) is 50.7 Å². The summed E-state index contributed by atoms with van der Waals surface area (Å²) in [5, 5.41) is 0. The van der Waals surface area contributed by atoms with Gasteiger partial charge in [-0.1, -0.05) is 24.3 Å². The normalized spacial score (nSPS) is 11.0. The third-order valence-corrected chi connectivity index (χ3v) is 3.41. The summed E-state index contributed by atoms with van der Waals surface area (Å²) in [5.41, 5.74) is 1.01. The number of carbonyl (C=O) groups is 1. The number of aromatic nitrogens is 4. The highest BCUT2D eigenvalue weighted by Crippen LogP contribution is 2.18. The van der Waals surface area contributed by atoms with Crippen LogP contribution in [0, 0.1) is 0 Å². The van der Waals surface area contributed by atoms with Gasteiger partial charge in [0.05, 0.1) is 0 Å². The van der Waals surface area contributed by atoms with E-state index in [1.54, 1.807) is 31.3 Å². The Balaban J connectivity index is 2.28. The first-order valence-electron chi connectivity index (χ1n) is 6.24. The van der Waals surface area contributed by atoms with Gasteiger partial charge < -0.3 is 4.98 Å². The lowest BCUT2D eigenvalue weighted by Gasteiger charge is -2.00. The van der Waals surface area contributed by atoms with Crippen molar-refractivity contribution in [3.63, 3.8) is 0 Å². The summed E-state index contributed by atoms with van der Waals surface area (Å²) in [4.78, 5) is 41.8. The number of imidazole rings is 1. The Morgan fingerprint density at radius 2 is 1.76 bits per heavy atom. The van der Waals surface area contributed by atoms with Gasteiger partial charge in [0.25, 0.3) is 5.56 Å². The first-order valence-corrected chi connectivity index (χ1v) is 6.24. The smallest absolute Gasteiger partial charge is 0.332 e. The molecule has 1 N–H and O–H groups in total. The number of H-pyrrole nitrogens is 1. The van der Waals surface area contributed by atoms with Crippen LogP contribution in [0.2, 0.25) is 0 Å². The molecule has 3 rings (SSSR count). The van der Waals surface area contributed by atoms with E-state index in [4.69, 9.17) is 0 Å². The van der Waals surface area contributed by atoms with Crippen molar-refractivity contribution in [2.75, 3.05) is 0 Å². The molecule has 0 fully saturated rings. The Hall–Kier alpha value is -2.96. The monoisotopic (exact) mass is 284 g/mol. The van der Waals surface area contributed by atoms with Gasteiger partial charge in [0.15, 0.2) is 5.65 Å². The van der Waals surface area contributed by atoms with Crippen molar-refractivity contribution in [1.29, 1.82) is 0 Å². The molecule has 0 bridgehead atoms. The van der Waals surface area contributed by atoms with Gasteiger partial charge in [-0.25, -0.2) is 9.78 Å². The van der Waals surface area contributed by atoms with E-state index >= 15 is 0 Å². The number of fused-ring (bicyclic) bond motifs is 1. The van der Waals surface area contributed by atoms with Crippen molar-refractivity contribution >= 4 is 17.5 Å². The molecule has 0 aliphatic carbocycles. The number of hydrogen-bond donors (Lipinski definition) is 1. The van der Waals surface area contributed by atoms with E-state index in [9.17, 15) is 14.4 Å². The SMILES string of the molecule is Cn1c(=O)c2[nH]c(-c3ccc(C=O)cc3)nc2n(C)c1=O. The molecule has 0 amide bonds. The van der Waals surface area contributed by atoms with Crippen molar-refractivity contribution in [1.82, 2.24) is 19.1 Å². The summed E-state index contributed by atoms with van der Waals surface area (Å²) in [6, 6.07) is 6.77. The van der Waals surface area contributed by atoms with E-state index in [0.29, 0.717) is 17.0 Å². The second kappa shape index (κ2) is 4.55. The van der Waals surface area contributed by atoms with E-state index in [1.165, 1.54) is 11.6 Å². The molecule has 21 heavy (non-hydrogen) atoms. The Bertz CT molecular complexity index is 961. The maximum Gasteiger partial charge on any atom is 0.332 e. The first kappa shape index (κ1) is 13.0. The van der Waals surface area contributed by atoms with Gasteiger partial charge >= 0.3 is 5.69 Å². The number of benzene rings is 1. The van der Waals surface area contributed by atoms with E-state index in [0.717, 1.165) is 16.4 Å². The maximum atomic E-state index is 12.1. The number of nitrogens with one attached hydrogen (secondary N) is 1. The number of aldehydes is 1. The predicted octanol–water partition coefficient (Wildman–Crippen LogP) is 0.440. The summed E-state index contributed by atoms with van der Waals surface area (Å²) in [7, 11) is 2.98. The summed E-state index contributed by atoms with van der Waals surface area (Å²) >= 11 is 0. The quantitative estimate of drug-likeness (QED) is 0.691. The second-order valence-corrected chi connectivity index (χ2v) is 4.73. The second-order valence-electron chi connectivity index (χ2n) is 4.73. The summed E-state index contributed by atoms with van der Waals surface area (Å²) in [6.45, 7) is 0. The van der Waals surface area contributed by atoms with Gasteiger partial charge in [-0.3, -0.25) is 18.7 Å². The van der Waals surface area contributed by atoms with Crippen molar-refractivity contribution in [2.45, 2.75) is 0 Å². The van der Waals surface area contributed by atoms with Crippen LogP contribution in [0.3, 0.4) is 0 Å². The zero-order valence-corrected chi connectivity index (χ0v) is 11.5. The Morgan fingerprint density at radius 1 is 1.10 bits per heavy atom. The topological polar surface area (TPSA) is 89.8 Å². The highest BCUT2D eigenvalue weighted by molar-refractivity contribution is 5.78. The maximum absolute atomic E-state index is 12.1. The largest absolute Gasteiger partial charge is 0.332 e. The van der Waals surface area contributed by atoms with Crippen LogP contribution < -0.4 is 11.2 Å². The van der Waals surface area contributed by atoms with Crippen LogP contribution in [0.4, 0.5) is 0 Å². The van der Waals surface area contributed by atoms with Gasteiger partial charge in [0, 0.05) is 25.2 Å². The molecule has 2 aromatic heterocycles. The van der Waals surface area contributed by atoms with Crippen LogP contribution in [0.25, 0.3) is 22.6 Å². The molecule has 3 aromatic rings. The molecule has 0 aliphatic rings. The highest BCUT2D eigenvalue weighted by atomic mass is 16.2. The highest BCUT2D eigenvalue weighted by Gasteiger charge is 2.14. The lowest BCUT2D eigenvalue weighted by molar-refractivity contribution is 0.112. The number of aromatic amines is 1. The molecular formula is C14H12N4O3. The lowest BCUT2D eigenvalue weighted by atomic mass is 10.1. The van der Waals surface area contributed by atoms with Crippen molar-refractivity contribution in [3.8, 4) is 11.4 Å².